The van der Waals surface area contributed by atoms with Gasteiger partial charge in [0.2, 0.25) is 0 Å². The topological polar surface area (TPSA) is 40.5 Å². The number of carbonyl (C=O) groups excluding carboxylic acids is 1. The van der Waals surface area contributed by atoms with Crippen LogP contribution in [0.3, 0.4) is 0 Å². The molecule has 0 aliphatic heterocycles. The second-order valence-electron chi connectivity index (χ2n) is 4.18. The Bertz CT molecular complexity index is 319. The number of nitrogens with zero attached hydrogens (tertiary/aromatic N) is 1. The third kappa shape index (κ3) is 2.57. The van der Waals surface area contributed by atoms with Crippen molar-refractivity contribution < 1.29 is 10.0 Å². The van der Waals surface area contributed by atoms with Crippen molar-refractivity contribution in [3.63, 3.8) is 0 Å². The molecule has 0 unspecified atom stereocenters. The van der Waals surface area contributed by atoms with Crippen molar-refractivity contribution >= 4 is 5.78 Å². The minimum absolute atomic E-state index is 0.0872. The largest absolute Gasteiger partial charge is 0.289 e. The van der Waals surface area contributed by atoms with E-state index in [0.717, 1.165) is 5.06 Å². The van der Waals surface area contributed by atoms with E-state index in [1.165, 1.54) is 12.3 Å². The number of hydroxylamine groups is 2. The molecule has 0 saturated heterocycles. The van der Waals surface area contributed by atoms with Crippen LogP contribution >= 0.6 is 0 Å². The molecule has 1 N–H and O–H groups in total. The molecule has 76 valence electrons. The minimum Gasteiger partial charge on any atom is -0.289 e. The standard InChI is InChI=1S/C11H15NO2/c1-11(2,3)12(14)8-9-6-4-5-7-10(9)13/h4-8,14H,1-3H3/b9-8+. The molecular weight excluding hydrogens is 178 g/mol. The quantitative estimate of drug-likeness (QED) is 0.512. The van der Waals surface area contributed by atoms with Crippen LogP contribution in [0.25, 0.3) is 0 Å². The minimum atomic E-state index is -0.401. The van der Waals surface area contributed by atoms with Crippen molar-refractivity contribution in [3.8, 4) is 0 Å². The van der Waals surface area contributed by atoms with E-state index in [1.54, 1.807) is 18.2 Å². The highest BCUT2D eigenvalue weighted by molar-refractivity contribution is 6.07. The Morgan fingerprint density at radius 2 is 1.86 bits per heavy atom. The summed E-state index contributed by atoms with van der Waals surface area (Å²) in [6.45, 7) is 5.57. The second-order valence-corrected chi connectivity index (χ2v) is 4.18. The van der Waals surface area contributed by atoms with Gasteiger partial charge in [-0.05, 0) is 32.9 Å². The molecule has 1 aliphatic carbocycles. The molecule has 0 fully saturated rings. The van der Waals surface area contributed by atoms with Crippen LogP contribution in [0.2, 0.25) is 0 Å². The van der Waals surface area contributed by atoms with E-state index in [0.29, 0.717) is 5.57 Å². The van der Waals surface area contributed by atoms with Crippen LogP contribution in [0.4, 0.5) is 0 Å². The van der Waals surface area contributed by atoms with Gasteiger partial charge in [-0.2, -0.15) is 0 Å². The Labute approximate surface area is 84.0 Å². The van der Waals surface area contributed by atoms with Crippen LogP contribution in [0, 0.1) is 0 Å². The van der Waals surface area contributed by atoms with E-state index in [2.05, 4.69) is 0 Å². The van der Waals surface area contributed by atoms with Crippen molar-refractivity contribution in [2.24, 2.45) is 0 Å². The van der Waals surface area contributed by atoms with Crippen molar-refractivity contribution in [2.45, 2.75) is 26.3 Å². The number of allylic oxidation sites excluding steroid dienone is 5. The summed E-state index contributed by atoms with van der Waals surface area (Å²) >= 11 is 0. The monoisotopic (exact) mass is 193 g/mol. The molecular formula is C11H15NO2. The predicted octanol–water partition coefficient (Wildman–Crippen LogP) is 2.06. The molecule has 0 amide bonds. The van der Waals surface area contributed by atoms with Crippen molar-refractivity contribution in [1.29, 1.82) is 0 Å². The highest BCUT2D eigenvalue weighted by atomic mass is 16.5. The molecule has 0 heterocycles. The van der Waals surface area contributed by atoms with Crippen LogP contribution in [-0.4, -0.2) is 21.6 Å². The van der Waals surface area contributed by atoms with Gasteiger partial charge in [0.1, 0.15) is 0 Å². The summed E-state index contributed by atoms with van der Waals surface area (Å²) in [6.07, 6.45) is 8.05. The lowest BCUT2D eigenvalue weighted by Gasteiger charge is -2.28. The van der Waals surface area contributed by atoms with E-state index in [9.17, 15) is 10.0 Å². The smallest absolute Gasteiger partial charge is 0.187 e. The summed E-state index contributed by atoms with van der Waals surface area (Å²) < 4.78 is 0. The third-order valence-corrected chi connectivity index (χ3v) is 1.87. The number of rotatable bonds is 1. The normalized spacial score (nSPS) is 19.1. The Morgan fingerprint density at radius 3 is 2.36 bits per heavy atom. The van der Waals surface area contributed by atoms with Gasteiger partial charge in [-0.1, -0.05) is 12.2 Å². The first-order valence-corrected chi connectivity index (χ1v) is 4.50. The maximum absolute atomic E-state index is 11.3. The molecule has 0 aromatic rings. The highest BCUT2D eigenvalue weighted by Gasteiger charge is 2.17. The van der Waals surface area contributed by atoms with Crippen LogP contribution in [-0.2, 0) is 4.79 Å². The zero-order valence-electron chi connectivity index (χ0n) is 8.69. The first-order chi connectivity index (χ1) is 6.41. The van der Waals surface area contributed by atoms with Gasteiger partial charge in [-0.3, -0.25) is 15.1 Å². The zero-order valence-corrected chi connectivity index (χ0v) is 8.69. The molecule has 14 heavy (non-hydrogen) atoms. The van der Waals surface area contributed by atoms with Gasteiger partial charge in [0.05, 0.1) is 5.54 Å². The maximum atomic E-state index is 11.3. The molecule has 3 heteroatoms. The zero-order chi connectivity index (χ0) is 10.8. The molecule has 0 radical (unpaired) electrons. The van der Waals surface area contributed by atoms with Gasteiger partial charge in [0.15, 0.2) is 5.78 Å². The molecule has 1 aliphatic rings. The fourth-order valence-electron chi connectivity index (χ4n) is 0.913. The number of hydrogen-bond donors (Lipinski definition) is 1. The van der Waals surface area contributed by atoms with Gasteiger partial charge in [0, 0.05) is 11.8 Å². The summed E-state index contributed by atoms with van der Waals surface area (Å²) in [5.74, 6) is -0.0872. The third-order valence-electron chi connectivity index (χ3n) is 1.87. The molecule has 1 rings (SSSR count). The predicted molar refractivity (Wildman–Crippen MR) is 54.7 cm³/mol. The Balaban J connectivity index is 2.84. The summed E-state index contributed by atoms with van der Waals surface area (Å²) in [7, 11) is 0. The van der Waals surface area contributed by atoms with Crippen LogP contribution in [0.1, 0.15) is 20.8 Å². The van der Waals surface area contributed by atoms with E-state index in [-0.39, 0.29) is 5.78 Å². The van der Waals surface area contributed by atoms with Crippen molar-refractivity contribution in [2.75, 3.05) is 0 Å². The summed E-state index contributed by atoms with van der Waals surface area (Å²) in [5.41, 5.74) is 0.0902. The molecule has 0 aromatic heterocycles. The van der Waals surface area contributed by atoms with Crippen LogP contribution in [0.5, 0.6) is 0 Å². The van der Waals surface area contributed by atoms with Crippen LogP contribution < -0.4 is 0 Å². The van der Waals surface area contributed by atoms with Crippen LogP contribution in [0.15, 0.2) is 36.1 Å². The highest BCUT2D eigenvalue weighted by Crippen LogP contribution is 2.14. The molecule has 0 saturated carbocycles. The van der Waals surface area contributed by atoms with Gasteiger partial charge in [-0.15, -0.1) is 0 Å². The number of carbonyl (C=O) groups is 1. The summed E-state index contributed by atoms with van der Waals surface area (Å²) in [6, 6.07) is 0. The molecule has 0 aromatic carbocycles. The lowest BCUT2D eigenvalue weighted by atomic mass is 10.1. The lowest BCUT2D eigenvalue weighted by molar-refractivity contribution is -0.116. The van der Waals surface area contributed by atoms with E-state index in [4.69, 9.17) is 0 Å². The molecule has 0 atom stereocenters. The first kappa shape index (κ1) is 10.7. The van der Waals surface area contributed by atoms with E-state index >= 15 is 0 Å². The van der Waals surface area contributed by atoms with Crippen molar-refractivity contribution in [3.05, 3.63) is 36.1 Å². The first-order valence-electron chi connectivity index (χ1n) is 4.50. The molecule has 0 bridgehead atoms. The fourth-order valence-corrected chi connectivity index (χ4v) is 0.913. The van der Waals surface area contributed by atoms with E-state index < -0.39 is 5.54 Å². The fraction of sp³-hybridized carbons (Fsp3) is 0.364. The average Bonchev–Trinajstić information content (AvgIpc) is 2.07. The number of hydrogen-bond acceptors (Lipinski definition) is 3. The molecule has 3 nitrogen and oxygen atoms in total. The Morgan fingerprint density at radius 1 is 1.29 bits per heavy atom. The van der Waals surface area contributed by atoms with E-state index in [1.807, 2.05) is 20.8 Å². The van der Waals surface area contributed by atoms with Gasteiger partial charge < -0.3 is 0 Å². The van der Waals surface area contributed by atoms with Gasteiger partial charge in [0.25, 0.3) is 0 Å². The SMILES string of the molecule is CC(C)(C)N(O)/C=C1\C=CC=CC1=O. The van der Waals surface area contributed by atoms with Crippen molar-refractivity contribution in [1.82, 2.24) is 5.06 Å². The number of ketones is 1. The molecule has 0 spiro atoms. The van der Waals surface area contributed by atoms with Gasteiger partial charge >= 0.3 is 0 Å². The second kappa shape index (κ2) is 3.80. The summed E-state index contributed by atoms with van der Waals surface area (Å²) in [5, 5.41) is 10.6. The Kier molecular flexibility index (Phi) is 2.91. The summed E-state index contributed by atoms with van der Waals surface area (Å²) in [4.78, 5) is 11.3. The maximum Gasteiger partial charge on any atom is 0.187 e. The lowest BCUT2D eigenvalue weighted by Crippen LogP contribution is -2.34. The van der Waals surface area contributed by atoms with Gasteiger partial charge in [-0.25, -0.2) is 0 Å². The average molecular weight is 193 g/mol. The Hall–Kier alpha value is -1.35.